The van der Waals surface area contributed by atoms with Gasteiger partial charge in [-0.2, -0.15) is 29.4 Å². The van der Waals surface area contributed by atoms with E-state index in [0.29, 0.717) is 0 Å². The molecule has 3 nitrogen and oxygen atoms in total. The Kier molecular flexibility index (Phi) is 4.61. The minimum atomic E-state index is 0. The van der Waals surface area contributed by atoms with Crippen LogP contribution in [0.5, 0.6) is 0 Å². The van der Waals surface area contributed by atoms with Crippen LogP contribution in [0.3, 0.4) is 0 Å². The maximum Gasteiger partial charge on any atom is 0.0790 e. The van der Waals surface area contributed by atoms with Gasteiger partial charge in [-0.1, -0.05) is 53.9 Å². The molecule has 0 amide bonds. The number of nitrogens with zero attached hydrogens (tertiary/aromatic N) is 3. The molecule has 4 aromatic carbocycles. The van der Waals surface area contributed by atoms with Crippen LogP contribution in [0.2, 0.25) is 0 Å². The van der Waals surface area contributed by atoms with E-state index in [1.807, 2.05) is 22.8 Å². The number of hydrogen-bond acceptors (Lipinski definition) is 1. The summed E-state index contributed by atoms with van der Waals surface area (Å²) >= 11 is 0. The van der Waals surface area contributed by atoms with Crippen LogP contribution < -0.4 is 0 Å². The molecule has 3 heterocycles. The molecule has 0 aliphatic carbocycles. The largest absolute Gasteiger partial charge is 0.341 e. The molecule has 0 saturated carbocycles. The van der Waals surface area contributed by atoms with Gasteiger partial charge < -0.3 is 4.57 Å². The molecular weight excluding hydrogens is 583 g/mol. The van der Waals surface area contributed by atoms with Crippen LogP contribution in [0.25, 0.3) is 60.1 Å². The molecule has 1 radical (unpaired) electrons. The van der Waals surface area contributed by atoms with Crippen molar-refractivity contribution in [2.75, 3.05) is 0 Å². The van der Waals surface area contributed by atoms with Gasteiger partial charge >= 0.3 is 0 Å². The molecule has 7 aromatic rings. The third-order valence-electron chi connectivity index (χ3n) is 6.69. The van der Waals surface area contributed by atoms with Crippen molar-refractivity contribution in [3.05, 3.63) is 97.2 Å². The van der Waals surface area contributed by atoms with Crippen molar-refractivity contribution in [1.29, 1.82) is 0 Å². The first-order chi connectivity index (χ1) is 15.8. The second-order valence-corrected chi connectivity index (χ2v) is 8.29. The predicted octanol–water partition coefficient (Wildman–Crippen LogP) is 7.23. The van der Waals surface area contributed by atoms with E-state index < -0.39 is 0 Å². The molecule has 161 valence electrons. The number of para-hydroxylation sites is 2. The molecular formula is C29H20IrN3-. The molecule has 0 atom stereocenters. The van der Waals surface area contributed by atoms with Crippen LogP contribution in [0.1, 0.15) is 6.92 Å². The summed E-state index contributed by atoms with van der Waals surface area (Å²) in [4.78, 5) is 0. The molecule has 0 bridgehead atoms. The second-order valence-electron chi connectivity index (χ2n) is 8.29. The van der Waals surface area contributed by atoms with E-state index in [-0.39, 0.29) is 20.1 Å². The normalized spacial score (nSPS) is 11.7. The van der Waals surface area contributed by atoms with Crippen LogP contribution in [0.4, 0.5) is 0 Å². The van der Waals surface area contributed by atoms with Crippen molar-refractivity contribution < 1.29 is 20.1 Å². The average molecular weight is 603 g/mol. The summed E-state index contributed by atoms with van der Waals surface area (Å²) in [6, 6.07) is 33.7. The van der Waals surface area contributed by atoms with Gasteiger partial charge in [0.2, 0.25) is 0 Å². The van der Waals surface area contributed by atoms with Gasteiger partial charge in [0.15, 0.2) is 0 Å². The summed E-state index contributed by atoms with van der Waals surface area (Å²) in [6.45, 7) is 3.16. The SMILES string of the molecule is CCn1c2ccccc2c2cc(-c3cnn4c5[c-]cccc5c5ccccc5c34)ccc21.[Ir]. The van der Waals surface area contributed by atoms with Crippen molar-refractivity contribution in [3.63, 3.8) is 0 Å². The van der Waals surface area contributed by atoms with Gasteiger partial charge in [0, 0.05) is 54.0 Å². The fourth-order valence-electron chi connectivity index (χ4n) is 5.30. The molecule has 7 rings (SSSR count). The predicted molar refractivity (Wildman–Crippen MR) is 133 cm³/mol. The number of pyridine rings is 1. The quantitative estimate of drug-likeness (QED) is 0.151. The van der Waals surface area contributed by atoms with Crippen LogP contribution in [-0.2, 0) is 26.7 Å². The first-order valence-corrected chi connectivity index (χ1v) is 11.1. The number of aromatic nitrogens is 3. The van der Waals surface area contributed by atoms with Gasteiger partial charge in [0.25, 0.3) is 0 Å². The Morgan fingerprint density at radius 3 is 2.33 bits per heavy atom. The zero-order valence-electron chi connectivity index (χ0n) is 18.0. The summed E-state index contributed by atoms with van der Waals surface area (Å²) in [5.41, 5.74) is 7.04. The molecule has 0 aliphatic heterocycles. The Morgan fingerprint density at radius 2 is 1.48 bits per heavy atom. The molecule has 0 fully saturated rings. The molecule has 0 saturated heterocycles. The van der Waals surface area contributed by atoms with Crippen molar-refractivity contribution in [2.45, 2.75) is 13.5 Å². The molecule has 0 spiro atoms. The number of rotatable bonds is 2. The standard InChI is InChI=1S/C29H20N3.Ir/c1-2-31-26-13-7-5-11-22(26)24-17-19(15-16-27(24)31)25-18-30-32-28-14-8-6-10-21(28)20-9-3-4-12-23(20)29(25)32;/h3-13,15-18H,2H2,1H3;/q-1;. The number of fused-ring (bicyclic) bond motifs is 9. The molecule has 0 aliphatic rings. The maximum atomic E-state index is 4.82. The zero-order chi connectivity index (χ0) is 21.2. The van der Waals surface area contributed by atoms with Crippen LogP contribution in [-0.4, -0.2) is 14.2 Å². The van der Waals surface area contributed by atoms with Crippen LogP contribution in [0.15, 0.2) is 91.1 Å². The molecule has 0 N–H and O–H groups in total. The number of aryl methyl sites for hydroxylation is 1. The van der Waals surface area contributed by atoms with Gasteiger partial charge in [-0.25, -0.2) is 0 Å². The van der Waals surface area contributed by atoms with Gasteiger partial charge in [0.1, 0.15) is 0 Å². The zero-order valence-corrected chi connectivity index (χ0v) is 20.4. The van der Waals surface area contributed by atoms with Crippen molar-refractivity contribution in [3.8, 4) is 11.1 Å². The summed E-state index contributed by atoms with van der Waals surface area (Å²) in [6.07, 6.45) is 2.00. The van der Waals surface area contributed by atoms with E-state index in [1.165, 1.54) is 43.5 Å². The molecule has 4 heteroatoms. The smallest absolute Gasteiger partial charge is 0.0790 e. The third kappa shape index (κ3) is 2.75. The monoisotopic (exact) mass is 603 g/mol. The minimum absolute atomic E-state index is 0. The van der Waals surface area contributed by atoms with E-state index in [4.69, 9.17) is 5.10 Å². The Hall–Kier alpha value is -3.46. The van der Waals surface area contributed by atoms with E-state index in [1.54, 1.807) is 0 Å². The number of hydrogen-bond donors (Lipinski definition) is 0. The van der Waals surface area contributed by atoms with Gasteiger partial charge in [0.05, 0.1) is 11.7 Å². The summed E-state index contributed by atoms with van der Waals surface area (Å²) in [7, 11) is 0. The van der Waals surface area contributed by atoms with Crippen molar-refractivity contribution in [2.24, 2.45) is 0 Å². The minimum Gasteiger partial charge on any atom is -0.341 e. The van der Waals surface area contributed by atoms with Crippen LogP contribution >= 0.6 is 0 Å². The average Bonchev–Trinajstić information content (AvgIpc) is 3.44. The van der Waals surface area contributed by atoms with Gasteiger partial charge in [-0.15, -0.1) is 5.39 Å². The molecule has 3 aromatic heterocycles. The number of benzene rings is 4. The second kappa shape index (κ2) is 7.55. The van der Waals surface area contributed by atoms with E-state index >= 15 is 0 Å². The summed E-state index contributed by atoms with van der Waals surface area (Å²) in [5.74, 6) is 0. The van der Waals surface area contributed by atoms with Crippen LogP contribution in [0, 0.1) is 6.07 Å². The first kappa shape index (κ1) is 20.2. The van der Waals surface area contributed by atoms with E-state index in [2.05, 4.69) is 90.4 Å². The fraction of sp³-hybridized carbons (Fsp3) is 0.0690. The van der Waals surface area contributed by atoms with Crippen molar-refractivity contribution >= 4 is 49.0 Å². The summed E-state index contributed by atoms with van der Waals surface area (Å²) < 4.78 is 4.44. The van der Waals surface area contributed by atoms with E-state index in [0.717, 1.165) is 23.1 Å². The Bertz CT molecular complexity index is 1820. The van der Waals surface area contributed by atoms with Crippen molar-refractivity contribution in [1.82, 2.24) is 14.2 Å². The van der Waals surface area contributed by atoms with Gasteiger partial charge in [-0.05, 0) is 41.6 Å². The Labute approximate surface area is 204 Å². The third-order valence-corrected chi connectivity index (χ3v) is 6.69. The molecule has 0 unspecified atom stereocenters. The van der Waals surface area contributed by atoms with E-state index in [9.17, 15) is 0 Å². The first-order valence-electron chi connectivity index (χ1n) is 11.1. The topological polar surface area (TPSA) is 22.2 Å². The Morgan fingerprint density at radius 1 is 0.758 bits per heavy atom. The summed E-state index contributed by atoms with van der Waals surface area (Å²) in [5, 5.41) is 11.0. The maximum absolute atomic E-state index is 4.82. The molecule has 33 heavy (non-hydrogen) atoms. The van der Waals surface area contributed by atoms with Gasteiger partial charge in [-0.3, -0.25) is 4.52 Å². The fourth-order valence-corrected chi connectivity index (χ4v) is 5.30. The Balaban J connectivity index is 0.00000206.